The van der Waals surface area contributed by atoms with Gasteiger partial charge in [0.1, 0.15) is 5.82 Å². The predicted molar refractivity (Wildman–Crippen MR) is 63.3 cm³/mol. The van der Waals surface area contributed by atoms with E-state index in [-0.39, 0.29) is 12.4 Å². The fraction of sp³-hybridized carbons (Fsp3) is 0.600. The molecule has 15 heavy (non-hydrogen) atoms. The topological polar surface area (TPSA) is 55.0 Å². The van der Waals surface area contributed by atoms with Crippen LogP contribution in [0.4, 0.5) is 5.82 Å². The molecule has 0 radical (unpaired) electrons. The molecule has 0 saturated carbocycles. The van der Waals surface area contributed by atoms with E-state index in [1.54, 1.807) is 12.4 Å². The van der Waals surface area contributed by atoms with E-state index in [4.69, 9.17) is 5.73 Å². The van der Waals surface area contributed by atoms with Gasteiger partial charge in [-0.2, -0.15) is 0 Å². The number of anilines is 1. The normalized spacial score (nSPS) is 20.9. The van der Waals surface area contributed by atoms with E-state index in [1.165, 1.54) is 12.8 Å². The molecule has 1 saturated heterocycles. The molecule has 2 N–H and O–H groups in total. The molecule has 4 nitrogen and oxygen atoms in total. The Labute approximate surface area is 96.3 Å². The first-order chi connectivity index (χ1) is 6.90. The predicted octanol–water partition coefficient (Wildman–Crippen LogP) is 1.07. The molecule has 0 amide bonds. The summed E-state index contributed by atoms with van der Waals surface area (Å²) in [7, 11) is 0. The van der Waals surface area contributed by atoms with Gasteiger partial charge in [-0.3, -0.25) is 4.98 Å². The van der Waals surface area contributed by atoms with Crippen molar-refractivity contribution >= 4 is 18.2 Å². The van der Waals surface area contributed by atoms with Crippen LogP contribution in [-0.2, 0) is 0 Å². The maximum absolute atomic E-state index is 5.68. The highest BCUT2D eigenvalue weighted by molar-refractivity contribution is 5.85. The summed E-state index contributed by atoms with van der Waals surface area (Å²) in [5.41, 5.74) is 5.68. The van der Waals surface area contributed by atoms with Crippen molar-refractivity contribution in [3.8, 4) is 0 Å². The molecule has 0 bridgehead atoms. The SMILES string of the molecule is Cl.NCC1CCCN(c2cnccn2)C1. The first kappa shape index (κ1) is 12.2. The summed E-state index contributed by atoms with van der Waals surface area (Å²) in [5, 5.41) is 0. The average molecular weight is 229 g/mol. The van der Waals surface area contributed by atoms with E-state index in [0.29, 0.717) is 5.92 Å². The van der Waals surface area contributed by atoms with Gasteiger partial charge in [-0.1, -0.05) is 0 Å². The molecule has 1 aromatic heterocycles. The summed E-state index contributed by atoms with van der Waals surface area (Å²) < 4.78 is 0. The summed E-state index contributed by atoms with van der Waals surface area (Å²) in [6.07, 6.45) is 7.71. The molecule has 0 spiro atoms. The Morgan fingerprint density at radius 3 is 3.00 bits per heavy atom. The quantitative estimate of drug-likeness (QED) is 0.823. The first-order valence-electron chi connectivity index (χ1n) is 5.11. The highest BCUT2D eigenvalue weighted by atomic mass is 35.5. The second-order valence-electron chi connectivity index (χ2n) is 3.75. The van der Waals surface area contributed by atoms with Gasteiger partial charge in [-0.15, -0.1) is 12.4 Å². The largest absolute Gasteiger partial charge is 0.355 e. The molecule has 1 aliphatic rings. The number of aromatic nitrogens is 2. The number of hydrogen-bond donors (Lipinski definition) is 1. The van der Waals surface area contributed by atoms with Crippen molar-refractivity contribution in [3.63, 3.8) is 0 Å². The lowest BCUT2D eigenvalue weighted by Gasteiger charge is -2.32. The smallest absolute Gasteiger partial charge is 0.147 e. The van der Waals surface area contributed by atoms with Crippen LogP contribution in [-0.4, -0.2) is 29.6 Å². The molecule has 1 aliphatic heterocycles. The van der Waals surface area contributed by atoms with Gasteiger partial charge in [-0.05, 0) is 25.3 Å². The van der Waals surface area contributed by atoms with Crippen molar-refractivity contribution in [2.75, 3.05) is 24.5 Å². The van der Waals surface area contributed by atoms with Crippen LogP contribution in [0, 0.1) is 5.92 Å². The lowest BCUT2D eigenvalue weighted by Crippen LogP contribution is -2.38. The minimum atomic E-state index is 0. The van der Waals surface area contributed by atoms with Crippen LogP contribution >= 0.6 is 12.4 Å². The van der Waals surface area contributed by atoms with E-state index < -0.39 is 0 Å². The van der Waals surface area contributed by atoms with Crippen molar-refractivity contribution in [1.29, 1.82) is 0 Å². The second kappa shape index (κ2) is 5.88. The van der Waals surface area contributed by atoms with Gasteiger partial charge in [0.05, 0.1) is 6.20 Å². The third kappa shape index (κ3) is 3.04. The maximum Gasteiger partial charge on any atom is 0.147 e. The highest BCUT2D eigenvalue weighted by Crippen LogP contribution is 2.19. The zero-order valence-corrected chi connectivity index (χ0v) is 9.49. The zero-order chi connectivity index (χ0) is 9.80. The summed E-state index contributed by atoms with van der Waals surface area (Å²) >= 11 is 0. The standard InChI is InChI=1S/C10H16N4.ClH/c11-6-9-2-1-5-14(8-9)10-7-12-3-4-13-10;/h3-4,7,9H,1-2,5-6,8,11H2;1H. The van der Waals surface area contributed by atoms with Crippen LogP contribution in [0.5, 0.6) is 0 Å². The Bertz CT molecular complexity index is 280. The van der Waals surface area contributed by atoms with E-state index in [2.05, 4.69) is 14.9 Å². The number of piperidine rings is 1. The fourth-order valence-electron chi connectivity index (χ4n) is 1.92. The zero-order valence-electron chi connectivity index (χ0n) is 8.67. The molecule has 5 heteroatoms. The number of halogens is 1. The number of rotatable bonds is 2. The second-order valence-corrected chi connectivity index (χ2v) is 3.75. The monoisotopic (exact) mass is 228 g/mol. The molecular formula is C10H17ClN4. The molecule has 0 aliphatic carbocycles. The number of hydrogen-bond acceptors (Lipinski definition) is 4. The Hall–Kier alpha value is -0.870. The van der Waals surface area contributed by atoms with Crippen LogP contribution < -0.4 is 10.6 Å². The molecule has 84 valence electrons. The molecule has 2 heterocycles. The average Bonchev–Trinajstić information content (AvgIpc) is 2.30. The summed E-state index contributed by atoms with van der Waals surface area (Å²) in [4.78, 5) is 10.6. The lowest BCUT2D eigenvalue weighted by atomic mass is 9.98. The van der Waals surface area contributed by atoms with Crippen molar-refractivity contribution in [2.45, 2.75) is 12.8 Å². The van der Waals surface area contributed by atoms with Gasteiger partial charge < -0.3 is 10.6 Å². The van der Waals surface area contributed by atoms with Crippen molar-refractivity contribution in [3.05, 3.63) is 18.6 Å². The third-order valence-electron chi connectivity index (χ3n) is 2.73. The van der Waals surface area contributed by atoms with Gasteiger partial charge in [0.15, 0.2) is 0 Å². The Morgan fingerprint density at radius 2 is 2.33 bits per heavy atom. The molecule has 1 aromatic rings. The molecular weight excluding hydrogens is 212 g/mol. The van der Waals surface area contributed by atoms with E-state index in [0.717, 1.165) is 25.5 Å². The van der Waals surface area contributed by atoms with Crippen molar-refractivity contribution in [2.24, 2.45) is 11.7 Å². The van der Waals surface area contributed by atoms with Crippen molar-refractivity contribution in [1.82, 2.24) is 9.97 Å². The lowest BCUT2D eigenvalue weighted by molar-refractivity contribution is 0.421. The molecule has 2 rings (SSSR count). The van der Waals surface area contributed by atoms with Crippen LogP contribution in [0.3, 0.4) is 0 Å². The Morgan fingerprint density at radius 1 is 1.47 bits per heavy atom. The Kier molecular flexibility index (Phi) is 4.78. The van der Waals surface area contributed by atoms with E-state index >= 15 is 0 Å². The van der Waals surface area contributed by atoms with Crippen LogP contribution in [0.25, 0.3) is 0 Å². The minimum Gasteiger partial charge on any atom is -0.355 e. The maximum atomic E-state index is 5.68. The van der Waals surface area contributed by atoms with Crippen molar-refractivity contribution < 1.29 is 0 Å². The Balaban J connectivity index is 0.00000112. The summed E-state index contributed by atoms with van der Waals surface area (Å²) in [6.45, 7) is 2.88. The third-order valence-corrected chi connectivity index (χ3v) is 2.73. The van der Waals surface area contributed by atoms with Crippen LogP contribution in [0.2, 0.25) is 0 Å². The number of nitrogens with zero attached hydrogens (tertiary/aromatic N) is 3. The summed E-state index contributed by atoms with van der Waals surface area (Å²) in [6, 6.07) is 0. The summed E-state index contributed by atoms with van der Waals surface area (Å²) in [5.74, 6) is 1.59. The van der Waals surface area contributed by atoms with E-state index in [1.807, 2.05) is 6.20 Å². The molecule has 1 fully saturated rings. The first-order valence-corrected chi connectivity index (χ1v) is 5.11. The highest BCUT2D eigenvalue weighted by Gasteiger charge is 2.19. The van der Waals surface area contributed by atoms with Gasteiger partial charge in [0.25, 0.3) is 0 Å². The van der Waals surface area contributed by atoms with Gasteiger partial charge in [0, 0.05) is 25.5 Å². The molecule has 1 atom stereocenters. The van der Waals surface area contributed by atoms with Gasteiger partial charge in [0.2, 0.25) is 0 Å². The minimum absolute atomic E-state index is 0. The fourth-order valence-corrected chi connectivity index (χ4v) is 1.92. The molecule has 1 unspecified atom stereocenters. The van der Waals surface area contributed by atoms with Crippen LogP contribution in [0.1, 0.15) is 12.8 Å². The van der Waals surface area contributed by atoms with Gasteiger partial charge >= 0.3 is 0 Å². The molecule has 0 aromatic carbocycles. The van der Waals surface area contributed by atoms with Crippen LogP contribution in [0.15, 0.2) is 18.6 Å². The number of nitrogens with two attached hydrogens (primary N) is 1. The van der Waals surface area contributed by atoms with E-state index in [9.17, 15) is 0 Å². The van der Waals surface area contributed by atoms with Gasteiger partial charge in [-0.25, -0.2) is 4.98 Å².